The highest BCUT2D eigenvalue weighted by atomic mass is 16.5. The molecule has 5 aliphatic rings. The van der Waals surface area contributed by atoms with Crippen LogP contribution < -0.4 is 5.32 Å². The lowest BCUT2D eigenvalue weighted by atomic mass is 9.51. The smallest absolute Gasteiger partial charge is 0.237 e. The summed E-state index contributed by atoms with van der Waals surface area (Å²) in [4.78, 5) is 14.4. The molecule has 1 amide bonds. The fourth-order valence-electron chi connectivity index (χ4n) is 6.54. The minimum absolute atomic E-state index is 0.0226. The van der Waals surface area contributed by atoms with Gasteiger partial charge in [0.25, 0.3) is 0 Å². The van der Waals surface area contributed by atoms with E-state index in [-0.39, 0.29) is 23.1 Å². The molecule has 149 valence electrons. The number of hydrogen-bond acceptors (Lipinski definition) is 5. The van der Waals surface area contributed by atoms with Gasteiger partial charge in [0, 0.05) is 18.7 Å². The van der Waals surface area contributed by atoms with Gasteiger partial charge in [0.1, 0.15) is 6.04 Å². The number of rotatable bonds is 8. The van der Waals surface area contributed by atoms with Crippen LogP contribution in [0.2, 0.25) is 0 Å². The van der Waals surface area contributed by atoms with E-state index in [1.54, 1.807) is 4.90 Å². The van der Waals surface area contributed by atoms with Gasteiger partial charge in [-0.1, -0.05) is 0 Å². The zero-order valence-corrected chi connectivity index (χ0v) is 16.3. The Morgan fingerprint density at radius 1 is 1.26 bits per heavy atom. The first-order valence-electron chi connectivity index (χ1n) is 10.5. The lowest BCUT2D eigenvalue weighted by Crippen LogP contribution is -2.66. The Kier molecular flexibility index (Phi) is 5.46. The van der Waals surface area contributed by atoms with Gasteiger partial charge in [-0.2, -0.15) is 5.26 Å². The third kappa shape index (κ3) is 3.87. The lowest BCUT2D eigenvalue weighted by Gasteiger charge is -2.62. The molecule has 1 saturated heterocycles. The van der Waals surface area contributed by atoms with Gasteiger partial charge in [-0.25, -0.2) is 0 Å². The van der Waals surface area contributed by atoms with E-state index in [1.807, 2.05) is 0 Å². The summed E-state index contributed by atoms with van der Waals surface area (Å²) in [6.45, 7) is 6.48. The van der Waals surface area contributed by atoms with Crippen molar-refractivity contribution in [1.82, 2.24) is 10.2 Å². The number of likely N-dealkylation sites (tertiary alicyclic amines) is 1. The van der Waals surface area contributed by atoms with Crippen LogP contribution in [0.1, 0.15) is 51.4 Å². The maximum atomic E-state index is 12.7. The van der Waals surface area contributed by atoms with Crippen molar-refractivity contribution in [3.63, 3.8) is 0 Å². The third-order valence-corrected chi connectivity index (χ3v) is 7.12. The van der Waals surface area contributed by atoms with Crippen LogP contribution in [0.15, 0.2) is 0 Å². The highest BCUT2D eigenvalue weighted by Gasteiger charge is 2.58. The molecule has 1 radical (unpaired) electrons. The highest BCUT2D eigenvalue weighted by Crippen LogP contribution is 2.58. The SMILES string of the molecule is [CH2]COCCOC12CC3C[C@@H](CC(NCC(=O)N4CCC[C@H]4C#N)(C3)C1)C2. The summed E-state index contributed by atoms with van der Waals surface area (Å²) in [5.74, 6) is 1.47. The normalized spacial score (nSPS) is 39.7. The van der Waals surface area contributed by atoms with E-state index < -0.39 is 0 Å². The Bertz CT molecular complexity index is 588. The van der Waals surface area contributed by atoms with Crippen molar-refractivity contribution >= 4 is 5.91 Å². The molecule has 5 rings (SSSR count). The minimum Gasteiger partial charge on any atom is -0.379 e. The van der Waals surface area contributed by atoms with Gasteiger partial charge >= 0.3 is 0 Å². The van der Waals surface area contributed by atoms with Crippen molar-refractivity contribution < 1.29 is 14.3 Å². The maximum Gasteiger partial charge on any atom is 0.237 e. The van der Waals surface area contributed by atoms with E-state index >= 15 is 0 Å². The largest absolute Gasteiger partial charge is 0.379 e. The van der Waals surface area contributed by atoms with Crippen molar-refractivity contribution in [1.29, 1.82) is 5.26 Å². The zero-order valence-electron chi connectivity index (χ0n) is 16.3. The second kappa shape index (κ2) is 7.69. The van der Waals surface area contributed by atoms with Crippen LogP contribution in [0.3, 0.4) is 0 Å². The second-order valence-corrected chi connectivity index (χ2v) is 9.11. The van der Waals surface area contributed by atoms with Crippen LogP contribution >= 0.6 is 0 Å². The Balaban J connectivity index is 1.37. The summed E-state index contributed by atoms with van der Waals surface area (Å²) in [6.07, 6.45) is 8.64. The summed E-state index contributed by atoms with van der Waals surface area (Å²) in [6, 6.07) is 2.03. The Morgan fingerprint density at radius 2 is 2.04 bits per heavy atom. The quantitative estimate of drug-likeness (QED) is 0.658. The van der Waals surface area contributed by atoms with Crippen LogP contribution in [0, 0.1) is 30.1 Å². The number of ether oxygens (including phenoxy) is 2. The van der Waals surface area contributed by atoms with E-state index in [9.17, 15) is 10.1 Å². The fourth-order valence-corrected chi connectivity index (χ4v) is 6.54. The number of nitrogens with one attached hydrogen (secondary N) is 1. The second-order valence-electron chi connectivity index (χ2n) is 9.11. The van der Waals surface area contributed by atoms with E-state index in [2.05, 4.69) is 18.3 Å². The van der Waals surface area contributed by atoms with Gasteiger partial charge in [-0.15, -0.1) is 0 Å². The van der Waals surface area contributed by atoms with Crippen LogP contribution in [0.5, 0.6) is 0 Å². The zero-order chi connectivity index (χ0) is 18.9. The molecule has 4 aliphatic carbocycles. The summed E-state index contributed by atoms with van der Waals surface area (Å²) < 4.78 is 11.7. The Morgan fingerprint density at radius 3 is 2.74 bits per heavy atom. The first-order valence-corrected chi connectivity index (χ1v) is 10.5. The van der Waals surface area contributed by atoms with Crippen molar-refractivity contribution in [2.45, 2.75) is 68.5 Å². The number of carbonyl (C=O) groups excluding carboxylic acids is 1. The summed E-state index contributed by atoms with van der Waals surface area (Å²) >= 11 is 0. The molecular formula is C21H32N3O3. The number of nitrogens with zero attached hydrogens (tertiary/aromatic N) is 2. The molecule has 0 aromatic carbocycles. The molecule has 0 spiro atoms. The molecule has 1 aliphatic heterocycles. The summed E-state index contributed by atoms with van der Waals surface area (Å²) in [7, 11) is 0. The Labute approximate surface area is 162 Å². The predicted octanol–water partition coefficient (Wildman–Crippen LogP) is 2.05. The molecule has 5 atom stereocenters. The van der Waals surface area contributed by atoms with Gasteiger partial charge < -0.3 is 19.7 Å². The summed E-state index contributed by atoms with van der Waals surface area (Å²) in [5, 5.41) is 12.9. The molecule has 1 N–H and O–H groups in total. The van der Waals surface area contributed by atoms with Gasteiger partial charge in [-0.05, 0) is 70.1 Å². The van der Waals surface area contributed by atoms with Gasteiger partial charge in [-0.3, -0.25) is 4.79 Å². The van der Waals surface area contributed by atoms with Gasteiger partial charge in [0.2, 0.25) is 5.91 Å². The lowest BCUT2D eigenvalue weighted by molar-refractivity contribution is -0.181. The molecule has 27 heavy (non-hydrogen) atoms. The fraction of sp³-hybridized carbons (Fsp3) is 0.857. The van der Waals surface area contributed by atoms with Crippen molar-refractivity contribution in [2.24, 2.45) is 11.8 Å². The third-order valence-electron chi connectivity index (χ3n) is 7.12. The molecule has 5 fully saturated rings. The molecule has 0 aromatic heterocycles. The number of nitriles is 1. The molecule has 6 heteroatoms. The van der Waals surface area contributed by atoms with Crippen LogP contribution in [-0.4, -0.2) is 60.9 Å². The minimum atomic E-state index is -0.238. The molecule has 1 heterocycles. The average Bonchev–Trinajstić information content (AvgIpc) is 3.11. The number of carbonyl (C=O) groups is 1. The monoisotopic (exact) mass is 374 g/mol. The predicted molar refractivity (Wildman–Crippen MR) is 101 cm³/mol. The van der Waals surface area contributed by atoms with E-state index in [4.69, 9.17) is 9.47 Å². The van der Waals surface area contributed by atoms with Crippen molar-refractivity contribution in [2.75, 3.05) is 32.9 Å². The van der Waals surface area contributed by atoms with Gasteiger partial charge in [0.05, 0.1) is 31.4 Å². The number of amides is 1. The molecule has 4 bridgehead atoms. The average molecular weight is 375 g/mol. The standard InChI is InChI=1S/C21H32N3O3/c1-2-26-6-7-27-21-11-16-8-17(12-21)10-20(9-16,15-21)23-14-19(25)24-5-3-4-18(24)13-22/h16-18,23H,1-12,14-15H2/t16-,17?,18-,20?,21?/m0/s1. The van der Waals surface area contributed by atoms with Crippen molar-refractivity contribution in [3.05, 3.63) is 6.92 Å². The van der Waals surface area contributed by atoms with E-state index in [1.165, 1.54) is 6.42 Å². The topological polar surface area (TPSA) is 74.6 Å². The van der Waals surface area contributed by atoms with Gasteiger partial charge in [0.15, 0.2) is 0 Å². The molecule has 4 saturated carbocycles. The maximum absolute atomic E-state index is 12.7. The molecule has 0 aromatic rings. The molecule has 3 unspecified atom stereocenters. The van der Waals surface area contributed by atoms with Crippen LogP contribution in [0.4, 0.5) is 0 Å². The van der Waals surface area contributed by atoms with Crippen LogP contribution in [-0.2, 0) is 14.3 Å². The van der Waals surface area contributed by atoms with E-state index in [0.717, 1.165) is 51.5 Å². The van der Waals surface area contributed by atoms with E-state index in [0.29, 0.717) is 38.2 Å². The molecule has 6 nitrogen and oxygen atoms in total. The van der Waals surface area contributed by atoms with Crippen LogP contribution in [0.25, 0.3) is 0 Å². The first kappa shape index (κ1) is 19.2. The number of hydrogen-bond donors (Lipinski definition) is 1. The van der Waals surface area contributed by atoms with Crippen molar-refractivity contribution in [3.8, 4) is 6.07 Å². The highest BCUT2D eigenvalue weighted by molar-refractivity contribution is 5.79. The molecular weight excluding hydrogens is 342 g/mol. The summed E-state index contributed by atoms with van der Waals surface area (Å²) in [5.41, 5.74) is -0.0255. The Hall–Kier alpha value is -1.16. The first-order chi connectivity index (χ1) is 13.1.